The van der Waals surface area contributed by atoms with Gasteiger partial charge in [-0.2, -0.15) is 13.2 Å². The van der Waals surface area contributed by atoms with Gasteiger partial charge in [0, 0.05) is 18.9 Å². The summed E-state index contributed by atoms with van der Waals surface area (Å²) in [6.45, 7) is 0. The van der Waals surface area contributed by atoms with Crippen LogP contribution in [-0.4, -0.2) is 47.8 Å². The van der Waals surface area contributed by atoms with Crippen LogP contribution >= 0.6 is 0 Å². The first-order valence-corrected chi connectivity index (χ1v) is 8.82. The zero-order chi connectivity index (χ0) is 21.8. The molecule has 158 valence electrons. The van der Waals surface area contributed by atoms with E-state index >= 15 is 0 Å². The molecule has 0 amide bonds. The van der Waals surface area contributed by atoms with Gasteiger partial charge in [0.15, 0.2) is 6.10 Å². The molecule has 0 unspecified atom stereocenters. The number of hydrogen-bond acceptors (Lipinski definition) is 7. The Morgan fingerprint density at radius 2 is 1.66 bits per heavy atom. The first-order chi connectivity index (χ1) is 13.5. The van der Waals surface area contributed by atoms with Crippen molar-refractivity contribution in [1.29, 1.82) is 0 Å². The Morgan fingerprint density at radius 3 is 2.24 bits per heavy atom. The molecule has 0 aliphatic carbocycles. The summed E-state index contributed by atoms with van der Waals surface area (Å²) >= 11 is 0. The predicted octanol–water partition coefficient (Wildman–Crippen LogP) is 2.70. The van der Waals surface area contributed by atoms with Crippen molar-refractivity contribution in [3.05, 3.63) is 23.3 Å². The molecule has 0 saturated carbocycles. The first kappa shape index (κ1) is 22.4. The molecule has 2 rings (SSSR count). The summed E-state index contributed by atoms with van der Waals surface area (Å²) in [6, 6.07) is 2.38. The fraction of sp³-hybridized carbons (Fsp3) is 0.474. The average molecular weight is 416 g/mol. The average Bonchev–Trinajstić information content (AvgIpc) is 2.64. The van der Waals surface area contributed by atoms with E-state index in [1.807, 2.05) is 0 Å². The number of cyclic esters (lactones) is 1. The fourth-order valence-corrected chi connectivity index (χ4v) is 2.96. The zero-order valence-electron chi connectivity index (χ0n) is 15.5. The van der Waals surface area contributed by atoms with Gasteiger partial charge in [-0.15, -0.1) is 0 Å². The fourth-order valence-electron chi connectivity index (χ4n) is 2.96. The second kappa shape index (κ2) is 9.06. The molecular formula is C19H19F3O7. The maximum atomic E-state index is 13.3. The predicted molar refractivity (Wildman–Crippen MR) is 91.7 cm³/mol. The summed E-state index contributed by atoms with van der Waals surface area (Å²) in [4.78, 5) is 47.8. The van der Waals surface area contributed by atoms with Crippen LogP contribution in [0.5, 0.6) is 11.5 Å². The summed E-state index contributed by atoms with van der Waals surface area (Å²) in [6.07, 6.45) is -9.50. The van der Waals surface area contributed by atoms with E-state index in [0.29, 0.717) is 0 Å². The number of carbonyl (C=O) groups excluding carboxylic acids is 4. The molecule has 1 aliphatic rings. The van der Waals surface area contributed by atoms with Crippen molar-refractivity contribution in [2.24, 2.45) is 0 Å². The quantitative estimate of drug-likeness (QED) is 0.554. The summed E-state index contributed by atoms with van der Waals surface area (Å²) in [5, 5.41) is 10.1. The molecule has 1 N–H and O–H groups in total. The molecule has 0 fully saturated rings. The molecule has 29 heavy (non-hydrogen) atoms. The normalized spacial score (nSPS) is 19.9. The van der Waals surface area contributed by atoms with E-state index in [0.717, 1.165) is 6.07 Å². The van der Waals surface area contributed by atoms with E-state index < -0.39 is 66.2 Å². The smallest absolute Gasteiger partial charge is 0.425 e. The number of esters is 1. The van der Waals surface area contributed by atoms with Crippen LogP contribution in [0.15, 0.2) is 12.1 Å². The second-order valence-corrected chi connectivity index (χ2v) is 6.54. The lowest BCUT2D eigenvalue weighted by atomic mass is 9.97. The van der Waals surface area contributed by atoms with Gasteiger partial charge >= 0.3 is 12.1 Å². The highest BCUT2D eigenvalue weighted by Gasteiger charge is 2.43. The highest BCUT2D eigenvalue weighted by Crippen LogP contribution is 2.33. The number of carbonyl (C=O) groups is 4. The molecular weight excluding hydrogens is 397 g/mol. The van der Waals surface area contributed by atoms with E-state index in [4.69, 9.17) is 4.74 Å². The summed E-state index contributed by atoms with van der Waals surface area (Å²) in [5.41, 5.74) is -0.372. The highest BCUT2D eigenvalue weighted by molar-refractivity contribution is 6.63. The number of halogens is 3. The molecule has 1 heterocycles. The molecule has 1 atom stereocenters. The molecule has 0 saturated heterocycles. The van der Waals surface area contributed by atoms with Gasteiger partial charge < -0.3 is 14.6 Å². The standard InChI is InChI=1S/C19H19F3O7/c1-28-11-8-10-4-2-5-12(23)17(26)13(24)6-3-7-15(19(20,21)22)29-18(27)16(10)14(25)9-11/h8-9,15,25H,2-7H2,1H3/t15-/m1/s1. The lowest BCUT2D eigenvalue weighted by molar-refractivity contribution is -0.206. The van der Waals surface area contributed by atoms with Gasteiger partial charge in [0.05, 0.1) is 7.11 Å². The van der Waals surface area contributed by atoms with Crippen LogP contribution in [0.25, 0.3) is 0 Å². The number of Topliss-reactive ketones (excluding diaryl/α,β-unsaturated/α-hetero) is 3. The number of rotatable bonds is 1. The number of fused-ring (bicyclic) bond motifs is 1. The van der Waals surface area contributed by atoms with Crippen LogP contribution in [-0.2, 0) is 25.5 Å². The lowest BCUT2D eigenvalue weighted by Crippen LogP contribution is -2.34. The molecule has 1 aromatic rings. The number of ketones is 3. The van der Waals surface area contributed by atoms with Crippen LogP contribution in [0.4, 0.5) is 13.2 Å². The van der Waals surface area contributed by atoms with Crippen molar-refractivity contribution >= 4 is 23.3 Å². The monoisotopic (exact) mass is 416 g/mol. The van der Waals surface area contributed by atoms with Gasteiger partial charge in [0.25, 0.3) is 5.78 Å². The maximum absolute atomic E-state index is 13.3. The molecule has 0 aromatic heterocycles. The zero-order valence-corrected chi connectivity index (χ0v) is 15.5. The number of hydrogen-bond donors (Lipinski definition) is 1. The minimum atomic E-state index is -4.92. The van der Waals surface area contributed by atoms with E-state index in [2.05, 4.69) is 4.74 Å². The lowest BCUT2D eigenvalue weighted by Gasteiger charge is -2.22. The van der Waals surface area contributed by atoms with Gasteiger partial charge in [-0.05, 0) is 37.3 Å². The van der Waals surface area contributed by atoms with Crippen LogP contribution < -0.4 is 4.74 Å². The number of methoxy groups -OCH3 is 1. The molecule has 1 aromatic carbocycles. The Balaban J connectivity index is 2.45. The third-order valence-corrected chi connectivity index (χ3v) is 4.45. The minimum Gasteiger partial charge on any atom is -0.507 e. The number of phenolic OH excluding ortho intramolecular Hbond substituents is 1. The number of alkyl halides is 3. The molecule has 0 spiro atoms. The second-order valence-electron chi connectivity index (χ2n) is 6.54. The van der Waals surface area contributed by atoms with Crippen molar-refractivity contribution in [3.63, 3.8) is 0 Å². The van der Waals surface area contributed by atoms with E-state index in [9.17, 15) is 37.5 Å². The number of aromatic hydroxyl groups is 1. The Kier molecular flexibility index (Phi) is 6.99. The molecule has 0 bridgehead atoms. The largest absolute Gasteiger partial charge is 0.507 e. The van der Waals surface area contributed by atoms with Crippen molar-refractivity contribution in [1.82, 2.24) is 0 Å². The Morgan fingerprint density at radius 1 is 1.03 bits per heavy atom. The van der Waals surface area contributed by atoms with Crippen molar-refractivity contribution < 1.29 is 46.9 Å². The van der Waals surface area contributed by atoms with Crippen LogP contribution in [0, 0.1) is 0 Å². The third kappa shape index (κ3) is 5.55. The summed E-state index contributed by atoms with van der Waals surface area (Å²) in [5.74, 6) is -5.14. The summed E-state index contributed by atoms with van der Waals surface area (Å²) in [7, 11) is 1.29. The Bertz CT molecular complexity index is 830. The van der Waals surface area contributed by atoms with Gasteiger partial charge in [0.2, 0.25) is 11.6 Å². The molecule has 0 radical (unpaired) electrons. The minimum absolute atomic E-state index is 0.0213. The van der Waals surface area contributed by atoms with Crippen molar-refractivity contribution in [2.45, 2.75) is 50.8 Å². The number of aryl methyl sites for hydroxylation is 1. The van der Waals surface area contributed by atoms with Crippen LogP contribution in [0.3, 0.4) is 0 Å². The first-order valence-electron chi connectivity index (χ1n) is 8.82. The van der Waals surface area contributed by atoms with Gasteiger partial charge in [-0.25, -0.2) is 4.79 Å². The topological polar surface area (TPSA) is 107 Å². The van der Waals surface area contributed by atoms with Gasteiger partial charge in [0.1, 0.15) is 17.1 Å². The molecule has 7 nitrogen and oxygen atoms in total. The van der Waals surface area contributed by atoms with Gasteiger partial charge in [-0.3, -0.25) is 14.4 Å². The Labute approximate surface area is 163 Å². The number of phenols is 1. The third-order valence-electron chi connectivity index (χ3n) is 4.45. The van der Waals surface area contributed by atoms with Crippen LogP contribution in [0.2, 0.25) is 0 Å². The number of benzene rings is 1. The highest BCUT2D eigenvalue weighted by atomic mass is 19.4. The van der Waals surface area contributed by atoms with Crippen LogP contribution in [0.1, 0.15) is 48.0 Å². The summed E-state index contributed by atoms with van der Waals surface area (Å²) < 4.78 is 49.3. The van der Waals surface area contributed by atoms with Crippen molar-refractivity contribution in [2.75, 3.05) is 7.11 Å². The molecule has 10 heteroatoms. The van der Waals surface area contributed by atoms with E-state index in [1.165, 1.54) is 13.2 Å². The SMILES string of the molecule is COc1cc(O)c2c(c1)CCCC(=O)C(=O)C(=O)CCC[C@H](C(F)(F)F)OC2=O. The number of ether oxygens (including phenoxy) is 2. The molecule has 1 aliphatic heterocycles. The Hall–Kier alpha value is -2.91. The van der Waals surface area contributed by atoms with E-state index in [1.54, 1.807) is 0 Å². The van der Waals surface area contributed by atoms with Crippen molar-refractivity contribution in [3.8, 4) is 11.5 Å². The maximum Gasteiger partial charge on any atom is 0.425 e. The van der Waals surface area contributed by atoms with E-state index in [-0.39, 0.29) is 30.6 Å². The van der Waals surface area contributed by atoms with Gasteiger partial charge in [-0.1, -0.05) is 0 Å².